The smallest absolute Gasteiger partial charge is 0.335 e. The van der Waals surface area contributed by atoms with Gasteiger partial charge in [-0.05, 0) is 56.3 Å². The molecule has 6 heteroatoms. The third-order valence-corrected chi connectivity index (χ3v) is 6.22. The van der Waals surface area contributed by atoms with Crippen LogP contribution in [0.25, 0.3) is 0 Å². The molecular formula is C25H21ClN2O3. The molecule has 0 N–H and O–H groups in total. The number of benzene rings is 3. The summed E-state index contributed by atoms with van der Waals surface area (Å²) in [6.07, 6.45) is 0.461. The van der Waals surface area contributed by atoms with Crippen LogP contribution in [0, 0.1) is 6.92 Å². The number of carbonyl (C=O) groups is 2. The second-order valence-electron chi connectivity index (χ2n) is 8.17. The number of ether oxygens (including phenoxy) is 1. The first-order chi connectivity index (χ1) is 14.9. The molecule has 5 nitrogen and oxygen atoms in total. The van der Waals surface area contributed by atoms with E-state index in [0.717, 1.165) is 11.1 Å². The van der Waals surface area contributed by atoms with E-state index in [9.17, 15) is 9.59 Å². The number of hydrogen-bond donors (Lipinski definition) is 0. The average molecular weight is 433 g/mol. The summed E-state index contributed by atoms with van der Waals surface area (Å²) >= 11 is 6.00. The molecule has 31 heavy (non-hydrogen) atoms. The SMILES string of the molecule is Cc1ccc(N2C(=O)N(C(=O)c3ccc(Cl)cc3)C3CC2(C)Oc2ccccc23)cc1. The van der Waals surface area contributed by atoms with Crippen molar-refractivity contribution in [3.8, 4) is 5.75 Å². The van der Waals surface area contributed by atoms with E-state index in [4.69, 9.17) is 16.3 Å². The molecule has 0 radical (unpaired) electrons. The van der Waals surface area contributed by atoms with Gasteiger partial charge < -0.3 is 4.74 Å². The number of halogens is 1. The molecule has 2 heterocycles. The molecule has 0 aromatic heterocycles. The Hall–Kier alpha value is -3.31. The van der Waals surface area contributed by atoms with Gasteiger partial charge in [-0.3, -0.25) is 14.6 Å². The minimum atomic E-state index is -0.915. The summed E-state index contributed by atoms with van der Waals surface area (Å²) in [4.78, 5) is 30.4. The van der Waals surface area contributed by atoms with E-state index >= 15 is 0 Å². The van der Waals surface area contributed by atoms with Crippen LogP contribution in [-0.2, 0) is 0 Å². The summed E-state index contributed by atoms with van der Waals surface area (Å²) in [6, 6.07) is 21.0. The van der Waals surface area contributed by atoms with E-state index in [2.05, 4.69) is 0 Å². The van der Waals surface area contributed by atoms with Crippen LogP contribution in [0.2, 0.25) is 5.02 Å². The Morgan fingerprint density at radius 3 is 2.42 bits per heavy atom. The highest BCUT2D eigenvalue weighted by Crippen LogP contribution is 2.49. The lowest BCUT2D eigenvalue weighted by Gasteiger charge is -2.53. The van der Waals surface area contributed by atoms with Crippen molar-refractivity contribution in [2.75, 3.05) is 4.90 Å². The van der Waals surface area contributed by atoms with E-state index in [1.54, 1.807) is 29.2 Å². The lowest BCUT2D eigenvalue weighted by molar-refractivity contribution is 0.00268. The number of imide groups is 1. The Labute approximate surface area is 185 Å². The molecule has 0 spiro atoms. The van der Waals surface area contributed by atoms with Crippen molar-refractivity contribution in [2.45, 2.75) is 32.0 Å². The normalized spacial score (nSPS) is 22.0. The molecule has 3 aromatic rings. The Morgan fingerprint density at radius 1 is 1.03 bits per heavy atom. The van der Waals surface area contributed by atoms with Crippen LogP contribution in [0.3, 0.4) is 0 Å². The molecule has 2 aliphatic rings. The number of hydrogen-bond acceptors (Lipinski definition) is 3. The van der Waals surface area contributed by atoms with Gasteiger partial charge in [0.2, 0.25) is 0 Å². The number of aryl methyl sites for hydroxylation is 1. The number of amides is 3. The van der Waals surface area contributed by atoms with Crippen LogP contribution in [-0.4, -0.2) is 22.6 Å². The van der Waals surface area contributed by atoms with Gasteiger partial charge in [-0.15, -0.1) is 0 Å². The zero-order chi connectivity index (χ0) is 21.8. The van der Waals surface area contributed by atoms with Crippen molar-refractivity contribution in [1.29, 1.82) is 0 Å². The molecule has 0 saturated carbocycles. The number of para-hydroxylation sites is 1. The number of nitrogens with zero attached hydrogens (tertiary/aromatic N) is 2. The predicted molar refractivity (Wildman–Crippen MR) is 120 cm³/mol. The first-order valence-corrected chi connectivity index (χ1v) is 10.5. The van der Waals surface area contributed by atoms with Gasteiger partial charge in [-0.25, -0.2) is 4.79 Å². The quantitative estimate of drug-likeness (QED) is 0.501. The topological polar surface area (TPSA) is 49.9 Å². The van der Waals surface area contributed by atoms with E-state index < -0.39 is 17.8 Å². The minimum absolute atomic E-state index is 0.359. The second kappa shape index (κ2) is 7.13. The van der Waals surface area contributed by atoms with Gasteiger partial charge in [0.1, 0.15) is 5.75 Å². The first-order valence-electron chi connectivity index (χ1n) is 10.2. The fourth-order valence-corrected chi connectivity index (χ4v) is 4.57. The van der Waals surface area contributed by atoms with Crippen molar-refractivity contribution < 1.29 is 14.3 Å². The van der Waals surface area contributed by atoms with E-state index in [-0.39, 0.29) is 5.91 Å². The summed E-state index contributed by atoms with van der Waals surface area (Å²) < 4.78 is 6.36. The molecule has 2 aliphatic heterocycles. The molecule has 3 aromatic carbocycles. The summed E-state index contributed by atoms with van der Waals surface area (Å²) in [5, 5.41) is 0.534. The zero-order valence-corrected chi connectivity index (χ0v) is 18.0. The van der Waals surface area contributed by atoms with Crippen LogP contribution in [0.15, 0.2) is 72.8 Å². The highest BCUT2D eigenvalue weighted by Gasteiger charge is 2.55. The van der Waals surface area contributed by atoms with Crippen LogP contribution in [0.1, 0.15) is 40.9 Å². The van der Waals surface area contributed by atoms with Gasteiger partial charge in [0.15, 0.2) is 5.72 Å². The van der Waals surface area contributed by atoms with Gasteiger partial charge in [0, 0.05) is 28.3 Å². The maximum absolute atomic E-state index is 13.8. The molecule has 0 aliphatic carbocycles. The molecule has 5 rings (SSSR count). The molecule has 3 amide bonds. The van der Waals surface area contributed by atoms with Gasteiger partial charge >= 0.3 is 6.03 Å². The summed E-state index contributed by atoms with van der Waals surface area (Å²) in [5.74, 6) is 0.322. The molecule has 2 bridgehead atoms. The van der Waals surface area contributed by atoms with Gasteiger partial charge in [-0.1, -0.05) is 47.5 Å². The number of urea groups is 1. The summed E-state index contributed by atoms with van der Waals surface area (Å²) in [6.45, 7) is 3.89. The number of carbonyl (C=O) groups excluding carboxylic acids is 2. The zero-order valence-electron chi connectivity index (χ0n) is 17.2. The Balaban J connectivity index is 1.66. The maximum atomic E-state index is 13.8. The maximum Gasteiger partial charge on any atom is 0.335 e. The minimum Gasteiger partial charge on any atom is -0.467 e. The summed E-state index contributed by atoms with van der Waals surface area (Å²) in [5.41, 5.74) is 2.10. The average Bonchev–Trinajstić information content (AvgIpc) is 2.75. The van der Waals surface area contributed by atoms with E-state index in [0.29, 0.717) is 28.4 Å². The highest BCUT2D eigenvalue weighted by atomic mass is 35.5. The summed E-state index contributed by atoms with van der Waals surface area (Å²) in [7, 11) is 0. The van der Waals surface area contributed by atoms with Crippen molar-refractivity contribution in [2.24, 2.45) is 0 Å². The molecule has 2 atom stereocenters. The molecule has 1 fully saturated rings. The standard InChI is InChI=1S/C25H21ClN2O3/c1-16-7-13-19(14-8-16)28-24(30)27(23(29)17-9-11-18(26)12-10-17)21-15-25(28,2)31-22-6-4-3-5-20(21)22/h3-14,21H,15H2,1-2H3. The molecule has 1 saturated heterocycles. The lowest BCUT2D eigenvalue weighted by atomic mass is 9.88. The Bertz CT molecular complexity index is 1180. The van der Waals surface area contributed by atoms with Crippen LogP contribution in [0.5, 0.6) is 5.75 Å². The van der Waals surface area contributed by atoms with Gasteiger partial charge in [0.25, 0.3) is 5.91 Å². The van der Waals surface area contributed by atoms with Gasteiger partial charge in [-0.2, -0.15) is 0 Å². The number of fused-ring (bicyclic) bond motifs is 4. The third-order valence-electron chi connectivity index (χ3n) is 5.96. The Morgan fingerprint density at radius 2 is 1.71 bits per heavy atom. The highest BCUT2D eigenvalue weighted by molar-refractivity contribution is 6.30. The van der Waals surface area contributed by atoms with Gasteiger partial charge in [0.05, 0.1) is 6.04 Å². The molecular weight excluding hydrogens is 412 g/mol. The predicted octanol–water partition coefficient (Wildman–Crippen LogP) is 5.97. The van der Waals surface area contributed by atoms with E-state index in [1.807, 2.05) is 62.4 Å². The molecule has 2 unspecified atom stereocenters. The lowest BCUT2D eigenvalue weighted by Crippen LogP contribution is -2.67. The van der Waals surface area contributed by atoms with Crippen molar-refractivity contribution >= 4 is 29.2 Å². The largest absolute Gasteiger partial charge is 0.467 e. The third kappa shape index (κ3) is 3.17. The van der Waals surface area contributed by atoms with Crippen molar-refractivity contribution in [3.63, 3.8) is 0 Å². The van der Waals surface area contributed by atoms with E-state index in [1.165, 1.54) is 4.90 Å². The molecule has 156 valence electrons. The monoisotopic (exact) mass is 432 g/mol. The first kappa shape index (κ1) is 19.6. The van der Waals surface area contributed by atoms with Crippen LogP contribution in [0.4, 0.5) is 10.5 Å². The van der Waals surface area contributed by atoms with Crippen molar-refractivity contribution in [1.82, 2.24) is 4.90 Å². The van der Waals surface area contributed by atoms with Crippen LogP contribution < -0.4 is 9.64 Å². The second-order valence-corrected chi connectivity index (χ2v) is 8.61. The number of rotatable bonds is 2. The van der Waals surface area contributed by atoms with Crippen molar-refractivity contribution in [3.05, 3.63) is 94.5 Å². The van der Waals surface area contributed by atoms with Crippen LogP contribution >= 0.6 is 11.6 Å². The number of anilines is 1. The fourth-order valence-electron chi connectivity index (χ4n) is 4.44. The Kier molecular flexibility index (Phi) is 4.52. The fraction of sp³-hybridized carbons (Fsp3) is 0.200.